The van der Waals surface area contributed by atoms with Crippen LogP contribution in [0.2, 0.25) is 10.0 Å². The van der Waals surface area contributed by atoms with E-state index in [1.165, 1.54) is 17.0 Å². The van der Waals surface area contributed by atoms with Crippen molar-refractivity contribution in [2.75, 3.05) is 10.8 Å². The Bertz CT molecular complexity index is 1770. The third-order valence-corrected chi connectivity index (χ3v) is 11.3. The molecule has 0 aromatic heterocycles. The number of rotatable bonds is 12. The molecule has 1 saturated carbocycles. The molecule has 47 heavy (non-hydrogen) atoms. The average Bonchev–Trinajstić information content (AvgIpc) is 3.07. The Kier molecular flexibility index (Phi) is 12.0. The Balaban J connectivity index is 1.59. The van der Waals surface area contributed by atoms with Crippen molar-refractivity contribution in [3.8, 4) is 0 Å². The molecule has 0 bridgehead atoms. The van der Waals surface area contributed by atoms with Crippen molar-refractivity contribution < 1.29 is 18.0 Å². The van der Waals surface area contributed by atoms with Crippen LogP contribution in [0.3, 0.4) is 0 Å². The molecule has 0 radical (unpaired) electrons. The van der Waals surface area contributed by atoms with E-state index in [1.807, 2.05) is 30.3 Å². The highest BCUT2D eigenvalue weighted by atomic mass is 79.9. The summed E-state index contributed by atoms with van der Waals surface area (Å²) in [4.78, 5) is 30.4. The fourth-order valence-electron chi connectivity index (χ4n) is 5.83. The van der Waals surface area contributed by atoms with Crippen LogP contribution in [0, 0.1) is 0 Å². The molecule has 1 aliphatic rings. The first-order chi connectivity index (χ1) is 22.6. The second-order valence-electron chi connectivity index (χ2n) is 11.6. The van der Waals surface area contributed by atoms with E-state index in [2.05, 4.69) is 21.2 Å². The fraction of sp³-hybridized carbons (Fsp3) is 0.278. The van der Waals surface area contributed by atoms with Gasteiger partial charge in [-0.1, -0.05) is 119 Å². The van der Waals surface area contributed by atoms with E-state index in [9.17, 15) is 18.0 Å². The SMILES string of the molecule is O=C(NC1CCCCC1)[C@@H](Cc1ccccc1)N(Cc1c(Cl)cccc1Cl)C(=O)CN(c1cccc(Br)c1)S(=O)(=O)c1ccccc1. The Labute approximate surface area is 295 Å². The van der Waals surface area contributed by atoms with Gasteiger partial charge in [0.1, 0.15) is 12.6 Å². The fourth-order valence-corrected chi connectivity index (χ4v) is 8.16. The molecule has 2 amide bonds. The maximum absolute atomic E-state index is 14.7. The van der Waals surface area contributed by atoms with E-state index >= 15 is 0 Å². The average molecular weight is 758 g/mol. The van der Waals surface area contributed by atoms with Crippen molar-refractivity contribution >= 4 is 66.7 Å². The topological polar surface area (TPSA) is 86.8 Å². The summed E-state index contributed by atoms with van der Waals surface area (Å²) in [6.07, 6.45) is 5.09. The minimum Gasteiger partial charge on any atom is -0.352 e. The molecule has 4 aromatic carbocycles. The van der Waals surface area contributed by atoms with Crippen LogP contribution in [0.25, 0.3) is 0 Å². The van der Waals surface area contributed by atoms with Gasteiger partial charge < -0.3 is 10.2 Å². The van der Waals surface area contributed by atoms with Crippen molar-refractivity contribution in [3.63, 3.8) is 0 Å². The Morgan fingerprint density at radius 1 is 0.830 bits per heavy atom. The van der Waals surface area contributed by atoms with E-state index in [0.717, 1.165) is 42.0 Å². The smallest absolute Gasteiger partial charge is 0.264 e. The van der Waals surface area contributed by atoms with Crippen molar-refractivity contribution in [2.45, 2.75) is 62.0 Å². The molecule has 1 atom stereocenters. The van der Waals surface area contributed by atoms with Crippen molar-refractivity contribution in [1.29, 1.82) is 0 Å². The number of halogens is 3. The van der Waals surface area contributed by atoms with E-state index in [0.29, 0.717) is 25.8 Å². The number of carbonyl (C=O) groups is 2. The van der Waals surface area contributed by atoms with Gasteiger partial charge in [0.25, 0.3) is 10.0 Å². The Hall–Kier alpha value is -3.37. The third kappa shape index (κ3) is 8.96. The van der Waals surface area contributed by atoms with Crippen molar-refractivity contribution in [2.24, 2.45) is 0 Å². The maximum atomic E-state index is 14.7. The zero-order chi connectivity index (χ0) is 33.4. The molecule has 0 saturated heterocycles. The number of hydrogen-bond acceptors (Lipinski definition) is 4. The van der Waals surface area contributed by atoms with Crippen LogP contribution in [0.1, 0.15) is 43.2 Å². The second-order valence-corrected chi connectivity index (χ2v) is 15.2. The number of amides is 2. The van der Waals surface area contributed by atoms with E-state index in [-0.39, 0.29) is 29.8 Å². The minimum absolute atomic E-state index is 0.00741. The lowest BCUT2D eigenvalue weighted by Crippen LogP contribution is -2.55. The predicted octanol–water partition coefficient (Wildman–Crippen LogP) is 8.04. The highest BCUT2D eigenvalue weighted by molar-refractivity contribution is 9.10. The first-order valence-electron chi connectivity index (χ1n) is 15.5. The van der Waals surface area contributed by atoms with Gasteiger partial charge in [-0.15, -0.1) is 0 Å². The summed E-state index contributed by atoms with van der Waals surface area (Å²) in [6.45, 7) is -0.678. The van der Waals surface area contributed by atoms with Crippen LogP contribution < -0.4 is 9.62 Å². The first-order valence-corrected chi connectivity index (χ1v) is 18.5. The highest BCUT2D eigenvalue weighted by Gasteiger charge is 2.36. The van der Waals surface area contributed by atoms with Crippen LogP contribution >= 0.6 is 39.1 Å². The molecule has 7 nitrogen and oxygen atoms in total. The number of benzene rings is 4. The molecule has 0 unspecified atom stereocenters. The third-order valence-electron chi connectivity index (χ3n) is 8.32. The van der Waals surface area contributed by atoms with Crippen LogP contribution in [0.5, 0.6) is 0 Å². The van der Waals surface area contributed by atoms with Gasteiger partial charge in [0.05, 0.1) is 10.6 Å². The summed E-state index contributed by atoms with van der Waals surface area (Å²) in [7, 11) is -4.20. The minimum atomic E-state index is -4.20. The lowest BCUT2D eigenvalue weighted by molar-refractivity contribution is -0.140. The number of hydrogen-bond donors (Lipinski definition) is 1. The summed E-state index contributed by atoms with van der Waals surface area (Å²) >= 11 is 16.7. The quantitative estimate of drug-likeness (QED) is 0.159. The van der Waals surface area contributed by atoms with Gasteiger partial charge in [-0.05, 0) is 60.9 Å². The zero-order valence-electron chi connectivity index (χ0n) is 25.7. The van der Waals surface area contributed by atoms with Gasteiger partial charge in [-0.3, -0.25) is 13.9 Å². The summed E-state index contributed by atoms with van der Waals surface area (Å²) in [5.74, 6) is -0.891. The second kappa shape index (κ2) is 16.2. The zero-order valence-corrected chi connectivity index (χ0v) is 29.6. The normalized spacial score (nSPS) is 14.3. The molecule has 5 rings (SSSR count). The molecule has 11 heteroatoms. The van der Waals surface area contributed by atoms with Gasteiger partial charge in [0, 0.05) is 39.1 Å². The molecule has 1 N–H and O–H groups in total. The van der Waals surface area contributed by atoms with Gasteiger partial charge in [0.2, 0.25) is 11.8 Å². The number of nitrogens with zero attached hydrogens (tertiary/aromatic N) is 2. The monoisotopic (exact) mass is 755 g/mol. The van der Waals surface area contributed by atoms with Crippen LogP contribution in [-0.2, 0) is 32.6 Å². The van der Waals surface area contributed by atoms with E-state index in [1.54, 1.807) is 60.7 Å². The van der Waals surface area contributed by atoms with Gasteiger partial charge in [0.15, 0.2) is 0 Å². The van der Waals surface area contributed by atoms with Gasteiger partial charge in [-0.25, -0.2) is 8.42 Å². The number of nitrogens with one attached hydrogen (secondary N) is 1. The molecule has 4 aromatic rings. The van der Waals surface area contributed by atoms with Crippen LogP contribution in [-0.4, -0.2) is 43.8 Å². The molecular weight excluding hydrogens is 721 g/mol. The first kappa shape index (κ1) is 35.0. The van der Waals surface area contributed by atoms with Crippen LogP contribution in [0.15, 0.2) is 112 Å². The van der Waals surface area contributed by atoms with Gasteiger partial charge >= 0.3 is 0 Å². The maximum Gasteiger partial charge on any atom is 0.264 e. The van der Waals surface area contributed by atoms with Crippen LogP contribution in [0.4, 0.5) is 5.69 Å². The molecule has 246 valence electrons. The number of carbonyl (C=O) groups excluding carboxylic acids is 2. The molecule has 0 aliphatic heterocycles. The van der Waals surface area contributed by atoms with E-state index < -0.39 is 28.5 Å². The largest absolute Gasteiger partial charge is 0.352 e. The molecular formula is C36H36BrCl2N3O4S. The summed E-state index contributed by atoms with van der Waals surface area (Å²) in [6, 6.07) is 28.2. The standard InChI is InChI=1S/C36H36BrCl2N3O4S/c37-27-14-10-17-29(23-27)42(47(45,46)30-18-8-3-9-19-30)25-35(43)41(24-31-32(38)20-11-21-33(31)39)34(22-26-12-4-1-5-13-26)36(44)40-28-15-6-2-7-16-28/h1,3-5,8-14,17-21,23,28,34H,2,6-7,15-16,22,24-25H2,(H,40,44)/t34-/m1/s1. The summed E-state index contributed by atoms with van der Waals surface area (Å²) in [5.41, 5.74) is 1.60. The molecule has 0 spiro atoms. The number of anilines is 1. The predicted molar refractivity (Wildman–Crippen MR) is 191 cm³/mol. The lowest BCUT2D eigenvalue weighted by atomic mass is 9.94. The summed E-state index contributed by atoms with van der Waals surface area (Å²) < 4.78 is 30.0. The van der Waals surface area contributed by atoms with Crippen molar-refractivity contribution in [3.05, 3.63) is 129 Å². The number of sulfonamides is 1. The molecule has 1 fully saturated rings. The van der Waals surface area contributed by atoms with E-state index in [4.69, 9.17) is 23.2 Å². The Morgan fingerprint density at radius 3 is 2.09 bits per heavy atom. The van der Waals surface area contributed by atoms with Gasteiger partial charge in [-0.2, -0.15) is 0 Å². The summed E-state index contributed by atoms with van der Waals surface area (Å²) in [5, 5.41) is 3.87. The Morgan fingerprint density at radius 2 is 1.45 bits per heavy atom. The highest BCUT2D eigenvalue weighted by Crippen LogP contribution is 2.30. The molecule has 0 heterocycles. The van der Waals surface area contributed by atoms with Crippen molar-refractivity contribution in [1.82, 2.24) is 10.2 Å². The molecule has 1 aliphatic carbocycles. The lowest BCUT2D eigenvalue weighted by Gasteiger charge is -2.35.